The van der Waals surface area contributed by atoms with Crippen molar-refractivity contribution < 1.29 is 32.7 Å². The number of rotatable bonds is 5. The topological polar surface area (TPSA) is 100 Å². The molecular formula is C15H12ClNO5S2. The monoisotopic (exact) mass is 385 g/mol. The highest BCUT2D eigenvalue weighted by molar-refractivity contribution is 8.87. The zero-order chi connectivity index (χ0) is 17.2. The molecule has 1 aliphatic heterocycles. The molecule has 9 heteroatoms. The Balaban J connectivity index is 1.95. The van der Waals surface area contributed by atoms with Gasteiger partial charge in [0.2, 0.25) is 9.80 Å². The molecule has 1 aliphatic rings. The minimum Gasteiger partial charge on any atom is -0.497 e. The van der Waals surface area contributed by atoms with Crippen LogP contribution in [0.5, 0.6) is 5.75 Å². The third-order valence-corrected chi connectivity index (χ3v) is 7.23. The van der Waals surface area contributed by atoms with E-state index in [0.29, 0.717) is 21.3 Å². The smallest absolute Gasteiger partial charge is 0.200 e. The van der Waals surface area contributed by atoms with Crippen LogP contribution in [0.25, 0.3) is 0 Å². The molecule has 0 saturated heterocycles. The summed E-state index contributed by atoms with van der Waals surface area (Å²) in [6.07, 6.45) is 0. The lowest BCUT2D eigenvalue weighted by Crippen LogP contribution is -2.60. The standard InChI is InChI=1S/C15H12ClNO5S2/c1-21-13-9-7-11(8-10-13)14-17-15(12-5-3-2-4-6-12)24(23-14)22-16(18,19)20/h2-10H,1H3. The van der Waals surface area contributed by atoms with Crippen molar-refractivity contribution in [1.29, 1.82) is 0 Å². The third kappa shape index (κ3) is 4.17. The molecule has 1 unspecified atom stereocenters. The number of nitrogens with zero attached hydrogens (tertiary/aromatic N) is 1. The van der Waals surface area contributed by atoms with E-state index in [2.05, 4.69) is 8.73 Å². The molecular weight excluding hydrogens is 374 g/mol. The van der Waals surface area contributed by atoms with Gasteiger partial charge in [-0.05, 0) is 24.3 Å². The fourth-order valence-corrected chi connectivity index (χ4v) is 6.26. The van der Waals surface area contributed by atoms with Gasteiger partial charge in [0.15, 0.2) is 0 Å². The second-order valence-corrected chi connectivity index (χ2v) is 8.65. The molecule has 6 nitrogen and oxygen atoms in total. The lowest BCUT2D eigenvalue weighted by molar-refractivity contribution is -1.91. The Labute approximate surface area is 147 Å². The molecule has 126 valence electrons. The van der Waals surface area contributed by atoms with Crippen LogP contribution in [0.2, 0.25) is 0 Å². The molecule has 2 aromatic rings. The van der Waals surface area contributed by atoms with Crippen LogP contribution in [0.15, 0.2) is 59.6 Å². The van der Waals surface area contributed by atoms with Gasteiger partial charge in [0.05, 0.1) is 17.4 Å². The minimum absolute atomic E-state index is 0.415. The Morgan fingerprint density at radius 1 is 0.958 bits per heavy atom. The van der Waals surface area contributed by atoms with E-state index >= 15 is 0 Å². The van der Waals surface area contributed by atoms with Crippen molar-refractivity contribution in [2.24, 2.45) is 4.99 Å². The van der Waals surface area contributed by atoms with Gasteiger partial charge in [-0.2, -0.15) is 14.0 Å². The molecule has 0 N–H and O–H groups in total. The summed E-state index contributed by atoms with van der Waals surface area (Å²) in [7, 11) is -3.22. The molecule has 2 aromatic carbocycles. The lowest BCUT2D eigenvalue weighted by atomic mass is 10.2. The Hall–Kier alpha value is -1.39. The number of halogens is 1. The molecule has 0 amide bonds. The molecule has 0 aliphatic carbocycles. The summed E-state index contributed by atoms with van der Waals surface area (Å²) in [5.74, 6) is 0.700. The van der Waals surface area contributed by atoms with E-state index in [1.54, 1.807) is 43.5 Å². The average molecular weight is 386 g/mol. The number of aliphatic imine (C=N–C) groups is 1. The van der Waals surface area contributed by atoms with Gasteiger partial charge < -0.3 is 4.74 Å². The van der Waals surface area contributed by atoms with Gasteiger partial charge in [-0.15, -0.1) is 0 Å². The summed E-state index contributed by atoms with van der Waals surface area (Å²) < 4.78 is 42.8. The summed E-state index contributed by atoms with van der Waals surface area (Å²) in [4.78, 5) is 4.90. The average Bonchev–Trinajstić information content (AvgIpc) is 2.97. The summed E-state index contributed by atoms with van der Waals surface area (Å²) >= 11 is 0. The predicted octanol–water partition coefficient (Wildman–Crippen LogP) is 0.380. The van der Waals surface area contributed by atoms with Crippen LogP contribution < -0.4 is 18.7 Å². The number of hydrogen-bond donors (Lipinski definition) is 0. The van der Waals surface area contributed by atoms with E-state index in [-0.39, 0.29) is 0 Å². The van der Waals surface area contributed by atoms with Crippen molar-refractivity contribution in [1.82, 2.24) is 0 Å². The maximum absolute atomic E-state index is 11.0. The second kappa shape index (κ2) is 7.24. The van der Waals surface area contributed by atoms with Crippen molar-refractivity contribution in [3.05, 3.63) is 65.7 Å². The van der Waals surface area contributed by atoms with E-state index in [4.69, 9.17) is 4.74 Å². The molecule has 0 saturated carbocycles. The lowest BCUT2D eigenvalue weighted by Gasteiger charge is -2.12. The molecule has 1 heterocycles. The number of ether oxygens (including phenoxy) is 1. The Morgan fingerprint density at radius 2 is 1.62 bits per heavy atom. The number of hydrogen-bond acceptors (Lipinski definition) is 7. The van der Waals surface area contributed by atoms with Crippen molar-refractivity contribution in [3.63, 3.8) is 0 Å². The molecule has 0 fully saturated rings. The normalized spacial score (nSPS) is 17.8. The van der Waals surface area contributed by atoms with Crippen molar-refractivity contribution in [2.75, 3.05) is 7.11 Å². The van der Waals surface area contributed by atoms with E-state index in [0.717, 1.165) is 16.4 Å². The van der Waals surface area contributed by atoms with Gasteiger partial charge in [-0.25, -0.2) is 4.99 Å². The van der Waals surface area contributed by atoms with Crippen LogP contribution in [-0.2, 0) is 3.74 Å². The highest BCUT2D eigenvalue weighted by Gasteiger charge is 2.33. The number of methoxy groups -OCH3 is 1. The number of benzene rings is 2. The van der Waals surface area contributed by atoms with Crippen LogP contribution >= 0.6 is 20.6 Å². The molecule has 0 radical (unpaired) electrons. The summed E-state index contributed by atoms with van der Waals surface area (Å²) in [6.45, 7) is 0. The largest absolute Gasteiger partial charge is 0.497 e. The molecule has 3 rings (SSSR count). The molecule has 0 spiro atoms. The first-order chi connectivity index (χ1) is 11.5. The van der Waals surface area contributed by atoms with E-state index < -0.39 is 20.0 Å². The molecule has 1 atom stereocenters. The SMILES string of the molecule is COc1ccc(C2=NC(c3ccccc3)=S(O[Cl+3]([O-])([O-])[O-])S2)cc1. The fraction of sp³-hybridized carbons (Fsp3) is 0.0667. The molecule has 0 bridgehead atoms. The first-order valence-electron chi connectivity index (χ1n) is 6.65. The molecule has 24 heavy (non-hydrogen) atoms. The zero-order valence-corrected chi connectivity index (χ0v) is 14.8. The second-order valence-electron chi connectivity index (χ2n) is 4.58. The van der Waals surface area contributed by atoms with Crippen LogP contribution in [0, 0.1) is 10.2 Å². The summed E-state index contributed by atoms with van der Waals surface area (Å²) in [5, 5.41) is 0.582. The third-order valence-electron chi connectivity index (χ3n) is 3.01. The van der Waals surface area contributed by atoms with E-state index in [1.165, 1.54) is 0 Å². The first-order valence-corrected chi connectivity index (χ1v) is 10.4. The minimum atomic E-state index is -4.55. The highest BCUT2D eigenvalue weighted by Crippen LogP contribution is 2.44. The van der Waals surface area contributed by atoms with E-state index in [9.17, 15) is 14.0 Å². The van der Waals surface area contributed by atoms with Gasteiger partial charge in [-0.3, -0.25) is 0 Å². The van der Waals surface area contributed by atoms with Crippen molar-refractivity contribution in [3.8, 4) is 5.75 Å². The van der Waals surface area contributed by atoms with Crippen LogP contribution in [0.4, 0.5) is 0 Å². The van der Waals surface area contributed by atoms with Gasteiger partial charge in [0, 0.05) is 21.9 Å². The Morgan fingerprint density at radius 3 is 2.21 bits per heavy atom. The summed E-state index contributed by atoms with van der Waals surface area (Å²) in [6, 6.07) is 16.2. The summed E-state index contributed by atoms with van der Waals surface area (Å²) in [5.41, 5.74) is 1.49. The van der Waals surface area contributed by atoms with E-state index in [1.807, 2.05) is 18.2 Å². The van der Waals surface area contributed by atoms with Gasteiger partial charge >= 0.3 is 0 Å². The van der Waals surface area contributed by atoms with Gasteiger partial charge in [0.25, 0.3) is 0 Å². The highest BCUT2D eigenvalue weighted by atomic mass is 35.7. The van der Waals surface area contributed by atoms with Crippen molar-refractivity contribution >= 4 is 30.6 Å². The Kier molecular flexibility index (Phi) is 5.26. The van der Waals surface area contributed by atoms with Crippen molar-refractivity contribution in [2.45, 2.75) is 0 Å². The maximum atomic E-state index is 11.0. The van der Waals surface area contributed by atoms with Crippen LogP contribution in [-0.4, -0.2) is 17.1 Å². The van der Waals surface area contributed by atoms with Crippen LogP contribution in [0.3, 0.4) is 0 Å². The quantitative estimate of drug-likeness (QED) is 0.545. The fourth-order valence-electron chi connectivity index (χ4n) is 1.96. The maximum Gasteiger partial charge on any atom is 0.200 e. The van der Waals surface area contributed by atoms with Crippen LogP contribution in [0.1, 0.15) is 11.1 Å². The predicted molar refractivity (Wildman–Crippen MR) is 86.3 cm³/mol. The zero-order valence-electron chi connectivity index (χ0n) is 12.4. The van der Waals surface area contributed by atoms with Gasteiger partial charge in [0.1, 0.15) is 19.5 Å². The Bertz CT molecular complexity index is 788. The first kappa shape index (κ1) is 17.4. The molecule has 0 aromatic heterocycles. The van der Waals surface area contributed by atoms with Gasteiger partial charge in [-0.1, -0.05) is 30.3 Å².